The molecule has 0 bridgehead atoms. The van der Waals surface area contributed by atoms with Crippen LogP contribution in [0.4, 0.5) is 0 Å². The van der Waals surface area contributed by atoms with Crippen LogP contribution in [0.5, 0.6) is 5.75 Å². The summed E-state index contributed by atoms with van der Waals surface area (Å²) in [5.41, 5.74) is 2.01. The van der Waals surface area contributed by atoms with Crippen molar-refractivity contribution in [1.82, 2.24) is 0 Å². The highest BCUT2D eigenvalue weighted by Crippen LogP contribution is 2.20. The number of ether oxygens (including phenoxy) is 2. The first kappa shape index (κ1) is 13.3. The van der Waals surface area contributed by atoms with Crippen LogP contribution >= 0.6 is 0 Å². The van der Waals surface area contributed by atoms with Crippen LogP contribution in [0.2, 0.25) is 0 Å². The van der Waals surface area contributed by atoms with Crippen molar-refractivity contribution >= 4 is 5.97 Å². The fraction of sp³-hybridized carbons (Fsp3) is 0.357. The Bertz CT molecular complexity index is 408. The van der Waals surface area contributed by atoms with E-state index in [0.717, 1.165) is 16.9 Å². The molecule has 0 atom stereocenters. The second-order valence-electron chi connectivity index (χ2n) is 3.73. The number of para-hydroxylation sites is 1. The number of allylic oxidation sites excluding steroid dienone is 1. The average Bonchev–Trinajstić information content (AvgIpc) is 2.29. The van der Waals surface area contributed by atoms with E-state index < -0.39 is 0 Å². The van der Waals surface area contributed by atoms with Crippen LogP contribution in [0, 0.1) is 0 Å². The Morgan fingerprint density at radius 1 is 1.35 bits per heavy atom. The van der Waals surface area contributed by atoms with Gasteiger partial charge in [-0.05, 0) is 31.9 Å². The summed E-state index contributed by atoms with van der Waals surface area (Å²) >= 11 is 0. The molecule has 0 saturated carbocycles. The van der Waals surface area contributed by atoms with Gasteiger partial charge in [0, 0.05) is 6.08 Å². The molecule has 3 heteroatoms. The van der Waals surface area contributed by atoms with Crippen LogP contribution in [-0.2, 0) is 16.0 Å². The number of methoxy groups -OCH3 is 1. The molecule has 0 spiro atoms. The minimum absolute atomic E-state index is 0.292. The van der Waals surface area contributed by atoms with E-state index in [2.05, 4.69) is 0 Å². The first-order valence-electron chi connectivity index (χ1n) is 5.63. The Morgan fingerprint density at radius 3 is 2.71 bits per heavy atom. The zero-order chi connectivity index (χ0) is 12.7. The number of hydrogen-bond donors (Lipinski definition) is 0. The zero-order valence-corrected chi connectivity index (χ0v) is 10.5. The lowest BCUT2D eigenvalue weighted by molar-refractivity contribution is -0.137. The van der Waals surface area contributed by atoms with E-state index in [9.17, 15) is 4.79 Å². The molecule has 1 rings (SSSR count). The topological polar surface area (TPSA) is 35.5 Å². The summed E-state index contributed by atoms with van der Waals surface area (Å²) in [5.74, 6) is 0.545. The van der Waals surface area contributed by atoms with E-state index >= 15 is 0 Å². The maximum absolute atomic E-state index is 11.3. The fourth-order valence-corrected chi connectivity index (χ4v) is 1.59. The summed E-state index contributed by atoms with van der Waals surface area (Å²) in [6.45, 7) is 4.10. The largest absolute Gasteiger partial charge is 0.496 e. The van der Waals surface area contributed by atoms with E-state index in [1.807, 2.05) is 31.2 Å². The Balaban J connectivity index is 2.73. The van der Waals surface area contributed by atoms with Gasteiger partial charge in [0.15, 0.2) is 0 Å². The van der Waals surface area contributed by atoms with Gasteiger partial charge in [0.05, 0.1) is 13.7 Å². The smallest absolute Gasteiger partial charge is 0.330 e. The Hall–Kier alpha value is -1.77. The van der Waals surface area contributed by atoms with Crippen LogP contribution in [0.25, 0.3) is 0 Å². The highest BCUT2D eigenvalue weighted by molar-refractivity contribution is 5.82. The van der Waals surface area contributed by atoms with E-state index in [0.29, 0.717) is 13.0 Å². The molecule has 0 aliphatic carbocycles. The van der Waals surface area contributed by atoms with Gasteiger partial charge in [-0.15, -0.1) is 0 Å². The van der Waals surface area contributed by atoms with Crippen molar-refractivity contribution in [1.29, 1.82) is 0 Å². The monoisotopic (exact) mass is 234 g/mol. The number of rotatable bonds is 5. The molecule has 1 aromatic rings. The molecule has 0 radical (unpaired) electrons. The van der Waals surface area contributed by atoms with E-state index in [1.165, 1.54) is 6.08 Å². The maximum Gasteiger partial charge on any atom is 0.330 e. The SMILES string of the molecule is CCOC(=O)/C=C(\C)Cc1ccccc1OC. The van der Waals surface area contributed by atoms with Crippen molar-refractivity contribution in [3.8, 4) is 5.75 Å². The third-order valence-electron chi connectivity index (χ3n) is 2.31. The van der Waals surface area contributed by atoms with Gasteiger partial charge in [-0.1, -0.05) is 23.8 Å². The highest BCUT2D eigenvalue weighted by atomic mass is 16.5. The van der Waals surface area contributed by atoms with Gasteiger partial charge in [0.1, 0.15) is 5.75 Å². The first-order valence-corrected chi connectivity index (χ1v) is 5.63. The van der Waals surface area contributed by atoms with Crippen molar-refractivity contribution in [3.63, 3.8) is 0 Å². The van der Waals surface area contributed by atoms with E-state index in [4.69, 9.17) is 9.47 Å². The van der Waals surface area contributed by atoms with Crippen molar-refractivity contribution in [3.05, 3.63) is 41.5 Å². The molecule has 0 aliphatic rings. The van der Waals surface area contributed by atoms with Crippen LogP contribution < -0.4 is 4.74 Å². The molecule has 0 amide bonds. The first-order chi connectivity index (χ1) is 8.17. The summed E-state index contributed by atoms with van der Waals surface area (Å²) in [6.07, 6.45) is 2.21. The van der Waals surface area contributed by atoms with Crippen LogP contribution in [0.1, 0.15) is 19.4 Å². The van der Waals surface area contributed by atoms with Gasteiger partial charge in [0.2, 0.25) is 0 Å². The van der Waals surface area contributed by atoms with E-state index in [1.54, 1.807) is 14.0 Å². The molecule has 0 aliphatic heterocycles. The predicted molar refractivity (Wildman–Crippen MR) is 67.1 cm³/mol. The lowest BCUT2D eigenvalue weighted by atomic mass is 10.1. The normalized spacial score (nSPS) is 11.1. The summed E-state index contributed by atoms with van der Waals surface area (Å²) in [5, 5.41) is 0. The second kappa shape index (κ2) is 6.74. The summed E-state index contributed by atoms with van der Waals surface area (Å²) in [4.78, 5) is 11.3. The van der Waals surface area contributed by atoms with Gasteiger partial charge >= 0.3 is 5.97 Å². The summed E-state index contributed by atoms with van der Waals surface area (Å²) < 4.78 is 10.1. The van der Waals surface area contributed by atoms with Crippen molar-refractivity contribution in [2.75, 3.05) is 13.7 Å². The quantitative estimate of drug-likeness (QED) is 0.580. The number of carbonyl (C=O) groups is 1. The second-order valence-corrected chi connectivity index (χ2v) is 3.73. The van der Waals surface area contributed by atoms with Crippen molar-refractivity contribution in [2.24, 2.45) is 0 Å². The minimum atomic E-state index is -0.292. The molecule has 0 heterocycles. The van der Waals surface area contributed by atoms with Crippen molar-refractivity contribution in [2.45, 2.75) is 20.3 Å². The van der Waals surface area contributed by atoms with Crippen LogP contribution in [-0.4, -0.2) is 19.7 Å². The molecule has 0 fully saturated rings. The average molecular weight is 234 g/mol. The Kier molecular flexibility index (Phi) is 5.27. The van der Waals surface area contributed by atoms with Gasteiger partial charge in [-0.3, -0.25) is 0 Å². The lowest BCUT2D eigenvalue weighted by Gasteiger charge is -2.08. The van der Waals surface area contributed by atoms with E-state index in [-0.39, 0.29) is 5.97 Å². The van der Waals surface area contributed by atoms with Gasteiger partial charge in [-0.2, -0.15) is 0 Å². The minimum Gasteiger partial charge on any atom is -0.496 e. The number of hydrogen-bond acceptors (Lipinski definition) is 3. The summed E-state index contributed by atoms with van der Waals surface area (Å²) in [6, 6.07) is 7.77. The number of benzene rings is 1. The molecule has 92 valence electrons. The Labute approximate surface area is 102 Å². The molecule has 0 unspecified atom stereocenters. The fourth-order valence-electron chi connectivity index (χ4n) is 1.59. The molecule has 0 aromatic heterocycles. The molecule has 1 aromatic carbocycles. The van der Waals surface area contributed by atoms with Crippen molar-refractivity contribution < 1.29 is 14.3 Å². The molecule has 0 saturated heterocycles. The Morgan fingerprint density at radius 2 is 2.06 bits per heavy atom. The maximum atomic E-state index is 11.3. The van der Waals surface area contributed by atoms with Crippen LogP contribution in [0.15, 0.2) is 35.9 Å². The molecule has 0 N–H and O–H groups in total. The van der Waals surface area contributed by atoms with Gasteiger partial charge in [-0.25, -0.2) is 4.79 Å². The molecule has 17 heavy (non-hydrogen) atoms. The van der Waals surface area contributed by atoms with Crippen LogP contribution in [0.3, 0.4) is 0 Å². The molecule has 3 nitrogen and oxygen atoms in total. The molecular formula is C14H18O3. The zero-order valence-electron chi connectivity index (χ0n) is 10.5. The standard InChI is InChI=1S/C14H18O3/c1-4-17-14(15)10-11(2)9-12-7-5-6-8-13(12)16-3/h5-8,10H,4,9H2,1-3H3/b11-10+. The van der Waals surface area contributed by atoms with Gasteiger partial charge in [0.25, 0.3) is 0 Å². The third kappa shape index (κ3) is 4.31. The van der Waals surface area contributed by atoms with Gasteiger partial charge < -0.3 is 9.47 Å². The predicted octanol–water partition coefficient (Wildman–Crippen LogP) is 2.75. The number of esters is 1. The summed E-state index contributed by atoms with van der Waals surface area (Å²) in [7, 11) is 1.64. The third-order valence-corrected chi connectivity index (χ3v) is 2.31. The number of carbonyl (C=O) groups excluding carboxylic acids is 1. The highest BCUT2D eigenvalue weighted by Gasteiger charge is 2.04. The lowest BCUT2D eigenvalue weighted by Crippen LogP contribution is -2.01. The molecular weight excluding hydrogens is 216 g/mol.